The number of benzene rings is 2. The first-order chi connectivity index (χ1) is 14.5. The zero-order chi connectivity index (χ0) is 24.6. The number of rotatable bonds is 5. The van der Waals surface area contributed by atoms with Crippen LogP contribution in [0.4, 0.5) is 30.7 Å². The number of halogens is 9. The summed E-state index contributed by atoms with van der Waals surface area (Å²) in [4.78, 5) is 11.4. The number of hydrogen-bond acceptors (Lipinski definition) is 1. The number of allylic oxidation sites excluding steroid dienone is 2. The molecule has 1 nitrogen and oxygen atoms in total. The third-order valence-corrected chi connectivity index (χ3v) is 5.32. The van der Waals surface area contributed by atoms with Gasteiger partial charge in [0.2, 0.25) is 0 Å². The number of alkyl halides is 6. The van der Waals surface area contributed by atoms with Gasteiger partial charge < -0.3 is 0 Å². The molecule has 0 heterocycles. The maximum Gasteiger partial charge on any atom is 0.417 e. The van der Waals surface area contributed by atoms with Gasteiger partial charge in [0.1, 0.15) is 11.7 Å². The van der Waals surface area contributed by atoms with Crippen LogP contribution in [0.15, 0.2) is 43.0 Å². The van der Waals surface area contributed by atoms with Crippen LogP contribution in [-0.4, -0.2) is 12.0 Å². The van der Waals surface area contributed by atoms with Crippen LogP contribution in [-0.2, 0) is 6.18 Å². The van der Waals surface area contributed by atoms with Gasteiger partial charge in [-0.15, -0.1) is 0 Å². The Hall–Kier alpha value is -2.32. The summed E-state index contributed by atoms with van der Waals surface area (Å²) in [5, 5.41) is -0.265. The Morgan fingerprint density at radius 1 is 1.00 bits per heavy atom. The molecule has 0 aromatic heterocycles. The molecule has 0 spiro atoms. The third-order valence-electron chi connectivity index (χ3n) is 4.52. The van der Waals surface area contributed by atoms with Gasteiger partial charge in [-0.3, -0.25) is 4.79 Å². The molecule has 0 radical (unpaired) electrons. The molecular weight excluding hydrogens is 484 g/mol. The quantitative estimate of drug-likeness (QED) is 0.297. The van der Waals surface area contributed by atoms with E-state index in [9.17, 15) is 35.5 Å². The van der Waals surface area contributed by atoms with E-state index in [0.29, 0.717) is 11.6 Å². The Morgan fingerprint density at radius 3 is 2.06 bits per heavy atom. The van der Waals surface area contributed by atoms with Crippen molar-refractivity contribution in [3.8, 4) is 0 Å². The maximum atomic E-state index is 14.8. The second kappa shape index (κ2) is 9.27. The van der Waals surface area contributed by atoms with Gasteiger partial charge in [-0.05, 0) is 54.8 Å². The summed E-state index contributed by atoms with van der Waals surface area (Å²) < 4.78 is 95.8. The van der Waals surface area contributed by atoms with E-state index in [0.717, 1.165) is 31.2 Å². The van der Waals surface area contributed by atoms with E-state index < -0.39 is 52.1 Å². The van der Waals surface area contributed by atoms with E-state index in [1.54, 1.807) is 0 Å². The highest BCUT2D eigenvalue weighted by Gasteiger charge is 2.41. The molecule has 2 aromatic rings. The van der Waals surface area contributed by atoms with Crippen LogP contribution in [0.25, 0.3) is 11.4 Å². The lowest BCUT2D eigenvalue weighted by Crippen LogP contribution is -2.19. The van der Waals surface area contributed by atoms with Crippen molar-refractivity contribution in [2.45, 2.75) is 32.1 Å². The van der Waals surface area contributed by atoms with E-state index >= 15 is 0 Å². The summed E-state index contributed by atoms with van der Waals surface area (Å²) in [6, 6.07) is 3.76. The zero-order valence-electron chi connectivity index (χ0n) is 16.6. The van der Waals surface area contributed by atoms with E-state index in [1.807, 2.05) is 0 Å². The summed E-state index contributed by atoms with van der Waals surface area (Å²) in [7, 11) is 0. The molecule has 0 N–H and O–H groups in total. The molecule has 2 rings (SSSR count). The van der Waals surface area contributed by atoms with Crippen LogP contribution in [0.1, 0.15) is 52.4 Å². The van der Waals surface area contributed by atoms with Crippen molar-refractivity contribution >= 4 is 40.4 Å². The lowest BCUT2D eigenvalue weighted by Gasteiger charge is -2.20. The molecule has 10 heteroatoms. The minimum atomic E-state index is -5.01. The van der Waals surface area contributed by atoms with Gasteiger partial charge in [-0.2, -0.15) is 26.3 Å². The molecule has 172 valence electrons. The summed E-state index contributed by atoms with van der Waals surface area (Å²) in [6.45, 7) is 5.98. The van der Waals surface area contributed by atoms with Crippen LogP contribution in [0.5, 0.6) is 0 Å². The van der Waals surface area contributed by atoms with E-state index in [-0.39, 0.29) is 21.7 Å². The summed E-state index contributed by atoms with van der Waals surface area (Å²) >= 11 is 11.9. The van der Waals surface area contributed by atoms with Crippen molar-refractivity contribution in [2.75, 3.05) is 0 Å². The third kappa shape index (κ3) is 5.72. The largest absolute Gasteiger partial charge is 0.417 e. The average Bonchev–Trinajstić information content (AvgIpc) is 2.65. The fourth-order valence-electron chi connectivity index (χ4n) is 2.96. The normalized spacial score (nSPS) is 13.8. The van der Waals surface area contributed by atoms with Crippen LogP contribution >= 0.6 is 23.2 Å². The standard InChI is InChI=1S/C22H15Cl2F7O/c1-10(2)15-6-13(8-18(23)20(15)24)16(21(26,27)28)9-19(25)12-4-5-14(11(3)32)17(7-12)22(29,30)31/h4-9,16H,1H2,2-3H3/b19-9-. The van der Waals surface area contributed by atoms with Crippen LogP contribution in [0.2, 0.25) is 10.0 Å². The van der Waals surface area contributed by atoms with Crippen molar-refractivity contribution in [3.05, 3.63) is 80.8 Å². The second-order valence-electron chi connectivity index (χ2n) is 6.99. The molecule has 0 aliphatic carbocycles. The first kappa shape index (κ1) is 25.9. The first-order valence-electron chi connectivity index (χ1n) is 8.85. The number of ketones is 1. The van der Waals surface area contributed by atoms with Gasteiger partial charge >= 0.3 is 12.4 Å². The summed E-state index contributed by atoms with van der Waals surface area (Å²) in [5.74, 6) is -5.03. The highest BCUT2D eigenvalue weighted by atomic mass is 35.5. The van der Waals surface area contributed by atoms with Crippen molar-refractivity contribution < 1.29 is 35.5 Å². The minimum absolute atomic E-state index is 0.0390. The molecule has 0 aliphatic heterocycles. The molecule has 2 aromatic carbocycles. The molecule has 0 fully saturated rings. The zero-order valence-corrected chi connectivity index (χ0v) is 18.1. The van der Waals surface area contributed by atoms with Crippen molar-refractivity contribution in [3.63, 3.8) is 0 Å². The fraction of sp³-hybridized carbons (Fsp3) is 0.227. The highest BCUT2D eigenvalue weighted by molar-refractivity contribution is 6.43. The highest BCUT2D eigenvalue weighted by Crippen LogP contribution is 2.42. The Balaban J connectivity index is 2.67. The fourth-order valence-corrected chi connectivity index (χ4v) is 3.45. The molecular formula is C22H15Cl2F7O. The summed E-state index contributed by atoms with van der Waals surface area (Å²) in [6.07, 6.45) is -9.88. The Labute approximate surface area is 189 Å². The van der Waals surface area contributed by atoms with Gasteiger partial charge in [0.25, 0.3) is 0 Å². The lowest BCUT2D eigenvalue weighted by atomic mass is 9.93. The van der Waals surface area contributed by atoms with Crippen LogP contribution < -0.4 is 0 Å². The molecule has 0 saturated carbocycles. The number of hydrogen-bond donors (Lipinski definition) is 0. The van der Waals surface area contributed by atoms with Crippen molar-refractivity contribution in [2.24, 2.45) is 0 Å². The molecule has 0 bridgehead atoms. The Morgan fingerprint density at radius 2 is 1.59 bits per heavy atom. The smallest absolute Gasteiger partial charge is 0.294 e. The predicted molar refractivity (Wildman–Crippen MR) is 110 cm³/mol. The Bertz CT molecular complexity index is 1100. The van der Waals surface area contributed by atoms with Gasteiger partial charge in [0, 0.05) is 11.1 Å². The van der Waals surface area contributed by atoms with Gasteiger partial charge in [0.05, 0.1) is 15.6 Å². The van der Waals surface area contributed by atoms with Gasteiger partial charge in [-0.1, -0.05) is 41.9 Å². The number of carbonyl (C=O) groups excluding carboxylic acids is 1. The average molecular weight is 499 g/mol. The van der Waals surface area contributed by atoms with Gasteiger partial charge in [-0.25, -0.2) is 4.39 Å². The lowest BCUT2D eigenvalue weighted by molar-refractivity contribution is -0.140. The summed E-state index contributed by atoms with van der Waals surface area (Å²) in [5.41, 5.74) is -3.00. The van der Waals surface area contributed by atoms with E-state index in [4.69, 9.17) is 23.2 Å². The Kier molecular flexibility index (Phi) is 7.52. The SMILES string of the molecule is C=C(C)c1cc(C(/C=C(\F)c2ccc(C(C)=O)c(C(F)(F)F)c2)C(F)(F)F)cc(Cl)c1Cl. The molecule has 0 saturated heterocycles. The number of Topliss-reactive ketones (excluding diaryl/α,β-unsaturated/α-hetero) is 1. The molecule has 0 aliphatic rings. The van der Waals surface area contributed by atoms with E-state index in [1.165, 1.54) is 6.92 Å². The first-order valence-corrected chi connectivity index (χ1v) is 9.61. The molecule has 1 unspecified atom stereocenters. The van der Waals surface area contributed by atoms with Crippen LogP contribution in [0, 0.1) is 0 Å². The topological polar surface area (TPSA) is 17.1 Å². The van der Waals surface area contributed by atoms with Gasteiger partial charge in [0.15, 0.2) is 5.78 Å². The van der Waals surface area contributed by atoms with Crippen LogP contribution in [0.3, 0.4) is 0 Å². The monoisotopic (exact) mass is 498 g/mol. The molecule has 32 heavy (non-hydrogen) atoms. The van der Waals surface area contributed by atoms with Crippen molar-refractivity contribution in [1.29, 1.82) is 0 Å². The molecule has 1 atom stereocenters. The van der Waals surface area contributed by atoms with E-state index in [2.05, 4.69) is 6.58 Å². The molecule has 0 amide bonds. The number of carbonyl (C=O) groups is 1. The minimum Gasteiger partial charge on any atom is -0.294 e. The maximum absolute atomic E-state index is 14.8. The second-order valence-corrected chi connectivity index (χ2v) is 7.78. The predicted octanol–water partition coefficient (Wildman–Crippen LogP) is 8.90. The van der Waals surface area contributed by atoms with Crippen molar-refractivity contribution in [1.82, 2.24) is 0 Å².